The van der Waals surface area contributed by atoms with Crippen molar-refractivity contribution in [3.8, 4) is 0 Å². The molecule has 0 radical (unpaired) electrons. The van der Waals surface area contributed by atoms with E-state index in [1.54, 1.807) is 12.1 Å². The van der Waals surface area contributed by atoms with E-state index in [4.69, 9.17) is 11.6 Å². The first-order valence-electron chi connectivity index (χ1n) is 5.93. The van der Waals surface area contributed by atoms with Gasteiger partial charge in [-0.15, -0.1) is 22.9 Å². The monoisotopic (exact) mass is 390 g/mol. The summed E-state index contributed by atoms with van der Waals surface area (Å²) in [5.41, 5.74) is 0.0596. The highest BCUT2D eigenvalue weighted by Crippen LogP contribution is 2.39. The predicted octanol–water partition coefficient (Wildman–Crippen LogP) is 6.41. The molecular formula is C15H7BrClF3S. The van der Waals surface area contributed by atoms with Crippen LogP contribution >= 0.6 is 38.9 Å². The van der Waals surface area contributed by atoms with Crippen LogP contribution in [0.15, 0.2) is 40.9 Å². The van der Waals surface area contributed by atoms with E-state index in [1.165, 1.54) is 23.5 Å². The molecule has 1 unspecified atom stereocenters. The van der Waals surface area contributed by atoms with Crippen molar-refractivity contribution in [3.63, 3.8) is 0 Å². The maximum Gasteiger partial charge on any atom is 0.137 e. The summed E-state index contributed by atoms with van der Waals surface area (Å²) in [4.78, 5) is 0.637. The van der Waals surface area contributed by atoms with Crippen LogP contribution in [0.2, 0.25) is 0 Å². The summed E-state index contributed by atoms with van der Waals surface area (Å²) >= 11 is 10.5. The Morgan fingerprint density at radius 2 is 1.76 bits per heavy atom. The Balaban J connectivity index is 2.07. The number of fused-ring (bicyclic) bond motifs is 1. The lowest BCUT2D eigenvalue weighted by molar-refractivity contribution is 0.582. The minimum absolute atomic E-state index is 0.0472. The van der Waals surface area contributed by atoms with Gasteiger partial charge in [-0.2, -0.15) is 0 Å². The molecule has 2 aromatic carbocycles. The predicted molar refractivity (Wildman–Crippen MR) is 83.5 cm³/mol. The SMILES string of the molecule is Fc1ccc2cc(C(Cl)c3cc(F)c(Br)cc3F)sc2c1. The summed E-state index contributed by atoms with van der Waals surface area (Å²) in [5, 5.41) is -0.00639. The minimum Gasteiger partial charge on any atom is -0.207 e. The van der Waals surface area contributed by atoms with E-state index in [0.717, 1.165) is 17.5 Å². The summed E-state index contributed by atoms with van der Waals surface area (Å²) in [6.45, 7) is 0. The van der Waals surface area contributed by atoms with Crippen molar-refractivity contribution < 1.29 is 13.2 Å². The van der Waals surface area contributed by atoms with Crippen LogP contribution in [0, 0.1) is 17.5 Å². The van der Waals surface area contributed by atoms with Crippen molar-refractivity contribution in [1.29, 1.82) is 0 Å². The fourth-order valence-corrected chi connectivity index (χ4v) is 3.80. The molecule has 0 N–H and O–H groups in total. The van der Waals surface area contributed by atoms with E-state index in [-0.39, 0.29) is 15.9 Å². The van der Waals surface area contributed by atoms with Gasteiger partial charge in [0, 0.05) is 15.1 Å². The Bertz CT molecular complexity index is 831. The number of thiophene rings is 1. The van der Waals surface area contributed by atoms with Crippen LogP contribution in [0.5, 0.6) is 0 Å². The molecule has 0 spiro atoms. The zero-order chi connectivity index (χ0) is 15.1. The van der Waals surface area contributed by atoms with Gasteiger partial charge in [-0.3, -0.25) is 0 Å². The average Bonchev–Trinajstić information content (AvgIpc) is 2.85. The maximum absolute atomic E-state index is 13.9. The van der Waals surface area contributed by atoms with Gasteiger partial charge >= 0.3 is 0 Å². The Labute approximate surface area is 136 Å². The summed E-state index contributed by atoms with van der Waals surface area (Å²) in [5.74, 6) is -1.51. The summed E-state index contributed by atoms with van der Waals surface area (Å²) < 4.78 is 41.5. The summed E-state index contributed by atoms with van der Waals surface area (Å²) in [6.07, 6.45) is 0. The van der Waals surface area contributed by atoms with Crippen LogP contribution in [0.1, 0.15) is 15.8 Å². The molecule has 1 heterocycles. The van der Waals surface area contributed by atoms with Gasteiger partial charge in [0.25, 0.3) is 0 Å². The van der Waals surface area contributed by atoms with Gasteiger partial charge in [-0.05, 0) is 51.6 Å². The van der Waals surface area contributed by atoms with Crippen molar-refractivity contribution >= 4 is 49.0 Å². The van der Waals surface area contributed by atoms with E-state index in [2.05, 4.69) is 15.9 Å². The Morgan fingerprint density at radius 1 is 1.00 bits per heavy atom. The van der Waals surface area contributed by atoms with Crippen molar-refractivity contribution in [2.45, 2.75) is 5.38 Å². The normalized spacial score (nSPS) is 12.8. The largest absolute Gasteiger partial charge is 0.207 e. The zero-order valence-corrected chi connectivity index (χ0v) is 13.5. The van der Waals surface area contributed by atoms with Crippen molar-refractivity contribution in [2.75, 3.05) is 0 Å². The van der Waals surface area contributed by atoms with Crippen LogP contribution in [0.25, 0.3) is 10.1 Å². The van der Waals surface area contributed by atoms with Crippen LogP contribution in [-0.4, -0.2) is 0 Å². The van der Waals surface area contributed by atoms with Gasteiger partial charge in [0.05, 0.1) is 9.85 Å². The van der Waals surface area contributed by atoms with Gasteiger partial charge in [0.15, 0.2) is 0 Å². The number of halogens is 5. The molecular weight excluding hydrogens is 385 g/mol. The third-order valence-corrected chi connectivity index (χ3v) is 5.43. The summed E-state index contributed by atoms with van der Waals surface area (Å²) in [7, 11) is 0. The lowest BCUT2D eigenvalue weighted by atomic mass is 10.1. The average molecular weight is 392 g/mol. The third-order valence-electron chi connectivity index (χ3n) is 3.06. The molecule has 0 aliphatic heterocycles. The lowest BCUT2D eigenvalue weighted by Gasteiger charge is -2.09. The Kier molecular flexibility index (Phi) is 3.99. The number of rotatable bonds is 2. The van der Waals surface area contributed by atoms with Gasteiger partial charge < -0.3 is 0 Å². The third kappa shape index (κ3) is 2.82. The second-order valence-electron chi connectivity index (χ2n) is 4.48. The second kappa shape index (κ2) is 5.63. The second-order valence-corrected chi connectivity index (χ2v) is 6.89. The molecule has 1 atom stereocenters. The van der Waals surface area contributed by atoms with Crippen molar-refractivity contribution in [1.82, 2.24) is 0 Å². The molecule has 0 amide bonds. The molecule has 0 aliphatic rings. The molecule has 0 fully saturated rings. The molecule has 21 heavy (non-hydrogen) atoms. The molecule has 0 saturated heterocycles. The molecule has 0 nitrogen and oxygen atoms in total. The smallest absolute Gasteiger partial charge is 0.137 e. The van der Waals surface area contributed by atoms with Gasteiger partial charge in [-0.1, -0.05) is 6.07 Å². The number of alkyl halides is 1. The van der Waals surface area contributed by atoms with E-state index < -0.39 is 17.0 Å². The minimum atomic E-state index is -0.826. The van der Waals surface area contributed by atoms with Crippen LogP contribution < -0.4 is 0 Å². The van der Waals surface area contributed by atoms with Crippen LogP contribution in [0.3, 0.4) is 0 Å². The first-order valence-corrected chi connectivity index (χ1v) is 7.98. The van der Waals surface area contributed by atoms with Crippen LogP contribution in [-0.2, 0) is 0 Å². The topological polar surface area (TPSA) is 0 Å². The first kappa shape index (κ1) is 14.9. The highest BCUT2D eigenvalue weighted by atomic mass is 79.9. The molecule has 6 heteroatoms. The highest BCUT2D eigenvalue weighted by molar-refractivity contribution is 9.10. The van der Waals surface area contributed by atoms with Crippen LogP contribution in [0.4, 0.5) is 13.2 Å². The van der Waals surface area contributed by atoms with Gasteiger partial charge in [-0.25, -0.2) is 13.2 Å². The molecule has 1 aromatic heterocycles. The molecule has 3 aromatic rings. The molecule has 3 rings (SSSR count). The lowest BCUT2D eigenvalue weighted by Crippen LogP contribution is -1.97. The van der Waals surface area contributed by atoms with Crippen molar-refractivity contribution in [3.05, 3.63) is 68.8 Å². The zero-order valence-electron chi connectivity index (χ0n) is 10.3. The van der Waals surface area contributed by atoms with Gasteiger partial charge in [0.2, 0.25) is 0 Å². The molecule has 0 bridgehead atoms. The Morgan fingerprint density at radius 3 is 2.52 bits per heavy atom. The molecule has 108 valence electrons. The molecule has 0 aliphatic carbocycles. The Hall–Kier alpha value is -1.04. The van der Waals surface area contributed by atoms with Crippen molar-refractivity contribution in [2.24, 2.45) is 0 Å². The number of benzene rings is 2. The number of hydrogen-bond acceptors (Lipinski definition) is 1. The standard InChI is InChI=1S/C15H7BrClF3S/c16-10-6-11(19)9(5-12(10)20)15(17)14-3-7-1-2-8(18)4-13(7)21-14/h1-6,15H. The van der Waals surface area contributed by atoms with E-state index >= 15 is 0 Å². The maximum atomic E-state index is 13.9. The highest BCUT2D eigenvalue weighted by Gasteiger charge is 2.20. The summed E-state index contributed by atoms with van der Waals surface area (Å²) in [6, 6.07) is 8.26. The van der Waals surface area contributed by atoms with E-state index in [9.17, 15) is 13.2 Å². The van der Waals surface area contributed by atoms with Gasteiger partial charge in [0.1, 0.15) is 17.5 Å². The first-order chi connectivity index (χ1) is 9.95. The fraction of sp³-hybridized carbons (Fsp3) is 0.0667. The van der Waals surface area contributed by atoms with E-state index in [0.29, 0.717) is 9.58 Å². The molecule has 0 saturated carbocycles. The number of hydrogen-bond donors (Lipinski definition) is 0. The quantitative estimate of drug-likeness (QED) is 0.350. The van der Waals surface area contributed by atoms with E-state index in [1.807, 2.05) is 0 Å². The fourth-order valence-electron chi connectivity index (χ4n) is 2.04.